The highest BCUT2D eigenvalue weighted by atomic mass is 16.5. The van der Waals surface area contributed by atoms with Crippen LogP contribution in [-0.4, -0.2) is 55.0 Å². The smallest absolute Gasteiger partial charge is 0.251 e. The summed E-state index contributed by atoms with van der Waals surface area (Å²) in [4.78, 5) is 21.5. The van der Waals surface area contributed by atoms with E-state index in [1.807, 2.05) is 19.1 Å². The first-order chi connectivity index (χ1) is 18.0. The molecule has 9 nitrogen and oxygen atoms in total. The topological polar surface area (TPSA) is 121 Å². The van der Waals surface area contributed by atoms with Crippen molar-refractivity contribution < 1.29 is 19.0 Å². The van der Waals surface area contributed by atoms with Gasteiger partial charge in [0.25, 0.3) is 5.91 Å². The Labute approximate surface area is 217 Å². The molecule has 3 aliphatic rings. The number of anilines is 2. The summed E-state index contributed by atoms with van der Waals surface area (Å²) in [7, 11) is 0. The summed E-state index contributed by atoms with van der Waals surface area (Å²) < 4.78 is 17.9. The van der Waals surface area contributed by atoms with E-state index in [2.05, 4.69) is 27.2 Å². The maximum atomic E-state index is 12.6. The van der Waals surface area contributed by atoms with Crippen LogP contribution in [0.25, 0.3) is 11.3 Å². The van der Waals surface area contributed by atoms with Crippen LogP contribution in [0.4, 0.5) is 11.6 Å². The minimum atomic E-state index is -0.162. The van der Waals surface area contributed by atoms with Crippen molar-refractivity contribution in [3.05, 3.63) is 71.8 Å². The predicted octanol–water partition coefficient (Wildman–Crippen LogP) is 4.22. The lowest BCUT2D eigenvalue weighted by Gasteiger charge is -2.26. The van der Waals surface area contributed by atoms with E-state index in [4.69, 9.17) is 19.9 Å². The molecule has 1 amide bonds. The van der Waals surface area contributed by atoms with Crippen LogP contribution < -0.4 is 16.4 Å². The number of benzene rings is 1. The molecule has 4 heterocycles. The maximum absolute atomic E-state index is 12.6. The number of amides is 1. The summed E-state index contributed by atoms with van der Waals surface area (Å²) in [6, 6.07) is 6.99. The van der Waals surface area contributed by atoms with E-state index in [-0.39, 0.29) is 12.0 Å². The molecule has 9 heteroatoms. The van der Waals surface area contributed by atoms with E-state index in [9.17, 15) is 4.79 Å². The Hall–Kier alpha value is -3.69. The monoisotopic (exact) mass is 505 g/mol. The van der Waals surface area contributed by atoms with Crippen molar-refractivity contribution in [3.8, 4) is 11.3 Å². The Morgan fingerprint density at radius 3 is 2.86 bits per heavy atom. The number of carbonyl (C=O) groups is 1. The van der Waals surface area contributed by atoms with Gasteiger partial charge in [-0.1, -0.05) is 6.58 Å². The SMILES string of the molecule is C=C1/C=C(\C(=C/C)OC2CCCOC2)COCCCCNC(=O)c2ccc(c(N)c2)-c2ccnc(n2)N1. The van der Waals surface area contributed by atoms with Gasteiger partial charge in [0.05, 0.1) is 18.9 Å². The lowest BCUT2D eigenvalue weighted by molar-refractivity contribution is -0.0223. The van der Waals surface area contributed by atoms with Crippen molar-refractivity contribution >= 4 is 17.5 Å². The zero-order chi connectivity index (χ0) is 26.0. The Kier molecular flexibility index (Phi) is 9.29. The number of carbonyl (C=O) groups excluding carboxylic acids is 1. The normalized spacial score (nSPS) is 21.5. The molecule has 1 saturated heterocycles. The van der Waals surface area contributed by atoms with Crippen molar-refractivity contribution in [2.24, 2.45) is 0 Å². The minimum absolute atomic E-state index is 0.000575. The summed E-state index contributed by atoms with van der Waals surface area (Å²) in [6.07, 6.45) is 9.00. The maximum Gasteiger partial charge on any atom is 0.251 e. The van der Waals surface area contributed by atoms with E-state index in [0.29, 0.717) is 55.0 Å². The van der Waals surface area contributed by atoms with Gasteiger partial charge in [0, 0.05) is 54.0 Å². The van der Waals surface area contributed by atoms with E-state index < -0.39 is 0 Å². The molecule has 4 bridgehead atoms. The van der Waals surface area contributed by atoms with Gasteiger partial charge in [-0.3, -0.25) is 4.79 Å². The molecule has 5 rings (SSSR count). The molecule has 0 spiro atoms. The number of nitrogens with zero attached hydrogens (tertiary/aromatic N) is 2. The predicted molar refractivity (Wildman–Crippen MR) is 144 cm³/mol. The summed E-state index contributed by atoms with van der Waals surface area (Å²) in [5.41, 5.74) is 10.1. The third-order valence-corrected chi connectivity index (χ3v) is 6.12. The molecule has 1 fully saturated rings. The first-order valence-electron chi connectivity index (χ1n) is 12.7. The minimum Gasteiger partial charge on any atom is -0.488 e. The molecule has 0 aliphatic carbocycles. The number of hydrogen-bond acceptors (Lipinski definition) is 8. The van der Waals surface area contributed by atoms with Gasteiger partial charge in [-0.2, -0.15) is 0 Å². The van der Waals surface area contributed by atoms with Gasteiger partial charge in [0.15, 0.2) is 0 Å². The summed E-state index contributed by atoms with van der Waals surface area (Å²) in [6.45, 7) is 8.88. The second-order valence-electron chi connectivity index (χ2n) is 9.01. The van der Waals surface area contributed by atoms with Gasteiger partial charge < -0.3 is 30.6 Å². The molecule has 1 aromatic carbocycles. The molecule has 1 unspecified atom stereocenters. The third kappa shape index (κ3) is 7.41. The number of nitrogens with one attached hydrogen (secondary N) is 2. The van der Waals surface area contributed by atoms with Gasteiger partial charge in [-0.25, -0.2) is 9.97 Å². The Balaban J connectivity index is 1.60. The molecule has 1 aromatic heterocycles. The summed E-state index contributed by atoms with van der Waals surface area (Å²) >= 11 is 0. The Bertz CT molecular complexity index is 1170. The van der Waals surface area contributed by atoms with Crippen LogP contribution in [0.3, 0.4) is 0 Å². The third-order valence-electron chi connectivity index (χ3n) is 6.12. The van der Waals surface area contributed by atoms with E-state index in [0.717, 1.165) is 49.2 Å². The number of fused-ring (bicyclic) bond motifs is 12. The molecule has 37 heavy (non-hydrogen) atoms. The molecule has 3 aliphatic heterocycles. The van der Waals surface area contributed by atoms with Gasteiger partial charge in [0.1, 0.15) is 11.9 Å². The number of allylic oxidation sites excluding steroid dienone is 2. The molecule has 1 atom stereocenters. The fourth-order valence-corrected chi connectivity index (χ4v) is 4.21. The van der Waals surface area contributed by atoms with Gasteiger partial charge in [0.2, 0.25) is 5.95 Å². The lowest BCUT2D eigenvalue weighted by Crippen LogP contribution is -2.26. The summed E-state index contributed by atoms with van der Waals surface area (Å²) in [5.74, 6) is 0.950. The van der Waals surface area contributed by atoms with Crippen molar-refractivity contribution in [2.45, 2.75) is 38.7 Å². The first-order valence-corrected chi connectivity index (χ1v) is 12.7. The second-order valence-corrected chi connectivity index (χ2v) is 9.01. The quantitative estimate of drug-likeness (QED) is 0.419. The average molecular weight is 506 g/mol. The molecule has 0 saturated carbocycles. The molecule has 4 N–H and O–H groups in total. The van der Waals surface area contributed by atoms with Crippen LogP contribution in [0, 0.1) is 0 Å². The number of hydrogen-bond donors (Lipinski definition) is 3. The highest BCUT2D eigenvalue weighted by Crippen LogP contribution is 2.26. The molecule has 2 aromatic rings. The van der Waals surface area contributed by atoms with Crippen molar-refractivity contribution in [2.75, 3.05) is 44.0 Å². The second kappa shape index (κ2) is 13.0. The van der Waals surface area contributed by atoms with E-state index in [1.54, 1.807) is 30.5 Å². The zero-order valence-electron chi connectivity index (χ0n) is 21.3. The fraction of sp³-hybridized carbons (Fsp3) is 0.393. The molecule has 196 valence electrons. The molecule has 0 radical (unpaired) electrons. The van der Waals surface area contributed by atoms with Crippen LogP contribution in [-0.2, 0) is 14.2 Å². The van der Waals surface area contributed by atoms with Crippen molar-refractivity contribution in [1.29, 1.82) is 0 Å². The van der Waals surface area contributed by atoms with E-state index >= 15 is 0 Å². The Morgan fingerprint density at radius 1 is 1.22 bits per heavy atom. The lowest BCUT2D eigenvalue weighted by atomic mass is 10.1. The average Bonchev–Trinajstić information content (AvgIpc) is 2.90. The number of aromatic nitrogens is 2. The number of rotatable bonds is 3. The van der Waals surface area contributed by atoms with Crippen LogP contribution in [0.1, 0.15) is 43.0 Å². The molecular weight excluding hydrogens is 470 g/mol. The van der Waals surface area contributed by atoms with Gasteiger partial charge >= 0.3 is 0 Å². The fourth-order valence-electron chi connectivity index (χ4n) is 4.21. The highest BCUT2D eigenvalue weighted by Gasteiger charge is 2.19. The van der Waals surface area contributed by atoms with Crippen LogP contribution in [0.15, 0.2) is 66.2 Å². The highest BCUT2D eigenvalue weighted by molar-refractivity contribution is 5.96. The number of ether oxygens (including phenoxy) is 3. The standard InChI is InChI=1S/C28H35N5O4/c1-3-26(37-22-7-6-14-36-18-22)21-15-19(2)32-28-31-12-10-25(33-28)23-9-8-20(16-24(23)29)27(34)30-11-4-5-13-35-17-21/h3,8-10,12,15-16,22H,2,4-7,11,13-14,17-18,29H2,1H3,(H,30,34)(H,31,32,33)/b21-15-,26-3+. The molecular formula is C28H35N5O4. The van der Waals surface area contributed by atoms with Crippen molar-refractivity contribution in [3.63, 3.8) is 0 Å². The Morgan fingerprint density at radius 2 is 2.08 bits per heavy atom. The largest absolute Gasteiger partial charge is 0.488 e. The van der Waals surface area contributed by atoms with Gasteiger partial charge in [-0.15, -0.1) is 0 Å². The van der Waals surface area contributed by atoms with E-state index in [1.165, 1.54) is 0 Å². The zero-order valence-corrected chi connectivity index (χ0v) is 21.3. The van der Waals surface area contributed by atoms with Crippen LogP contribution in [0.5, 0.6) is 0 Å². The summed E-state index contributed by atoms with van der Waals surface area (Å²) in [5, 5.41) is 6.11. The van der Waals surface area contributed by atoms with Crippen molar-refractivity contribution in [1.82, 2.24) is 15.3 Å². The number of nitrogen functional groups attached to an aromatic ring is 1. The van der Waals surface area contributed by atoms with Crippen LogP contribution in [0.2, 0.25) is 0 Å². The number of nitrogens with two attached hydrogens (primary N) is 1. The van der Waals surface area contributed by atoms with Crippen LogP contribution >= 0.6 is 0 Å². The first kappa shape index (κ1) is 26.4. The van der Waals surface area contributed by atoms with Gasteiger partial charge in [-0.05, 0) is 69.0 Å².